The lowest BCUT2D eigenvalue weighted by molar-refractivity contribution is 0.00578. The van der Waals surface area contributed by atoms with Crippen LogP contribution >= 0.6 is 0 Å². The lowest BCUT2D eigenvalue weighted by atomic mass is 9.77. The molecule has 2 rings (SSSR count). The van der Waals surface area contributed by atoms with E-state index in [4.69, 9.17) is 9.31 Å². The highest BCUT2D eigenvalue weighted by Crippen LogP contribution is 2.38. The van der Waals surface area contributed by atoms with Crippen LogP contribution in [0.1, 0.15) is 38.8 Å². The van der Waals surface area contributed by atoms with E-state index in [1.165, 1.54) is 13.0 Å². The number of rotatable bonds is 3. The van der Waals surface area contributed by atoms with Gasteiger partial charge in [0.2, 0.25) is 0 Å². The van der Waals surface area contributed by atoms with Crippen LogP contribution < -0.4 is 0 Å². The fraction of sp³-hybridized carbons (Fsp3) is 0.500. The summed E-state index contributed by atoms with van der Waals surface area (Å²) in [6, 6.07) is 2.53. The summed E-state index contributed by atoms with van der Waals surface area (Å²) in [6.45, 7) is 8.82. The van der Waals surface area contributed by atoms with Crippen LogP contribution in [0.15, 0.2) is 17.6 Å². The normalized spacial score (nSPS) is 20.5. The summed E-state index contributed by atoms with van der Waals surface area (Å²) in [6.07, 6.45) is 1.58. The minimum atomic E-state index is -0.893. The van der Waals surface area contributed by atoms with Crippen LogP contribution in [-0.4, -0.2) is 30.0 Å². The van der Waals surface area contributed by atoms with Crippen molar-refractivity contribution >= 4 is 13.2 Å². The van der Waals surface area contributed by atoms with Gasteiger partial charge < -0.3 is 14.4 Å². The second kappa shape index (κ2) is 5.76. The standard InChI is InChI=1S/C16H21BF2O3/c1-10-11(6-7-13(18)14(10)19)8-12(9-20)17-21-15(2,3)16(4,5)22-17/h6-8,20H,9H2,1-5H3. The van der Waals surface area contributed by atoms with Crippen molar-refractivity contribution in [3.05, 3.63) is 40.4 Å². The Kier molecular flexibility index (Phi) is 4.48. The highest BCUT2D eigenvalue weighted by molar-refractivity contribution is 6.55. The van der Waals surface area contributed by atoms with Crippen LogP contribution in [-0.2, 0) is 9.31 Å². The van der Waals surface area contributed by atoms with Crippen molar-refractivity contribution in [2.45, 2.75) is 45.8 Å². The van der Waals surface area contributed by atoms with E-state index < -0.39 is 30.0 Å². The maximum Gasteiger partial charge on any atom is 0.492 e. The Morgan fingerprint density at radius 3 is 2.23 bits per heavy atom. The topological polar surface area (TPSA) is 38.7 Å². The van der Waals surface area contributed by atoms with Crippen molar-refractivity contribution in [3.63, 3.8) is 0 Å². The lowest BCUT2D eigenvalue weighted by Gasteiger charge is -2.32. The van der Waals surface area contributed by atoms with E-state index >= 15 is 0 Å². The molecule has 0 unspecified atom stereocenters. The Morgan fingerprint density at radius 1 is 1.18 bits per heavy atom. The first-order valence-electron chi connectivity index (χ1n) is 7.20. The molecule has 1 aromatic rings. The molecule has 1 aromatic carbocycles. The molecule has 1 N–H and O–H groups in total. The van der Waals surface area contributed by atoms with Gasteiger partial charge in [0.25, 0.3) is 0 Å². The quantitative estimate of drug-likeness (QED) is 0.871. The fourth-order valence-corrected chi connectivity index (χ4v) is 2.21. The van der Waals surface area contributed by atoms with Crippen LogP contribution in [0.2, 0.25) is 0 Å². The number of hydrogen-bond acceptors (Lipinski definition) is 3. The van der Waals surface area contributed by atoms with Crippen LogP contribution in [0.25, 0.3) is 6.08 Å². The molecular formula is C16H21BF2O3. The molecule has 1 aliphatic heterocycles. The summed E-state index contributed by atoms with van der Waals surface area (Å²) in [5.41, 5.74) is 0.0669. The van der Waals surface area contributed by atoms with Gasteiger partial charge in [-0.05, 0) is 57.3 Å². The zero-order valence-corrected chi connectivity index (χ0v) is 13.5. The van der Waals surface area contributed by atoms with Gasteiger partial charge in [-0.3, -0.25) is 0 Å². The van der Waals surface area contributed by atoms with E-state index in [9.17, 15) is 13.9 Å². The van der Waals surface area contributed by atoms with Gasteiger partial charge in [0, 0.05) is 0 Å². The van der Waals surface area contributed by atoms with Crippen LogP contribution in [0, 0.1) is 18.6 Å². The Morgan fingerprint density at radius 2 is 1.73 bits per heavy atom. The molecule has 0 spiro atoms. The third kappa shape index (κ3) is 2.96. The van der Waals surface area contributed by atoms with Gasteiger partial charge >= 0.3 is 7.12 Å². The van der Waals surface area contributed by atoms with Gasteiger partial charge in [-0.25, -0.2) is 8.78 Å². The highest BCUT2D eigenvalue weighted by Gasteiger charge is 2.52. The van der Waals surface area contributed by atoms with Crippen molar-refractivity contribution in [3.8, 4) is 0 Å². The predicted molar refractivity (Wildman–Crippen MR) is 82.2 cm³/mol. The Balaban J connectivity index is 2.36. The molecule has 120 valence electrons. The smallest absolute Gasteiger partial charge is 0.400 e. The van der Waals surface area contributed by atoms with Crippen molar-refractivity contribution < 1.29 is 23.2 Å². The zero-order chi connectivity index (χ0) is 16.7. The van der Waals surface area contributed by atoms with E-state index in [1.807, 2.05) is 27.7 Å². The minimum absolute atomic E-state index is 0.183. The predicted octanol–water partition coefficient (Wildman–Crippen LogP) is 3.28. The average Bonchev–Trinajstić information content (AvgIpc) is 2.64. The number of aliphatic hydroxyl groups excluding tert-OH is 1. The van der Waals surface area contributed by atoms with Crippen LogP contribution in [0.3, 0.4) is 0 Å². The number of halogens is 2. The van der Waals surface area contributed by atoms with Crippen LogP contribution in [0.4, 0.5) is 8.78 Å². The first kappa shape index (κ1) is 17.1. The summed E-state index contributed by atoms with van der Waals surface area (Å²) in [7, 11) is -0.720. The summed E-state index contributed by atoms with van der Waals surface area (Å²) in [5, 5.41) is 9.61. The molecule has 1 aliphatic rings. The second-order valence-corrected chi connectivity index (χ2v) is 6.54. The molecule has 1 heterocycles. The molecular weight excluding hydrogens is 289 g/mol. The second-order valence-electron chi connectivity index (χ2n) is 6.54. The third-order valence-corrected chi connectivity index (χ3v) is 4.46. The molecule has 0 radical (unpaired) electrons. The van der Waals surface area contributed by atoms with Gasteiger partial charge in [-0.2, -0.15) is 0 Å². The van der Waals surface area contributed by atoms with Crippen molar-refractivity contribution in [1.29, 1.82) is 0 Å². The molecule has 0 saturated carbocycles. The van der Waals surface area contributed by atoms with E-state index in [-0.39, 0.29) is 12.2 Å². The molecule has 6 heteroatoms. The maximum atomic E-state index is 13.6. The van der Waals surface area contributed by atoms with E-state index in [1.54, 1.807) is 6.08 Å². The molecule has 1 saturated heterocycles. The van der Waals surface area contributed by atoms with Gasteiger partial charge in [-0.15, -0.1) is 0 Å². The molecule has 0 aliphatic carbocycles. The monoisotopic (exact) mass is 310 g/mol. The highest BCUT2D eigenvalue weighted by atomic mass is 19.2. The van der Waals surface area contributed by atoms with Crippen molar-refractivity contribution in [1.82, 2.24) is 0 Å². The zero-order valence-electron chi connectivity index (χ0n) is 13.5. The fourth-order valence-electron chi connectivity index (χ4n) is 2.21. The molecule has 0 amide bonds. The van der Waals surface area contributed by atoms with E-state index in [2.05, 4.69) is 0 Å². The van der Waals surface area contributed by atoms with Crippen molar-refractivity contribution in [2.24, 2.45) is 0 Å². The van der Waals surface area contributed by atoms with E-state index in [0.29, 0.717) is 11.0 Å². The van der Waals surface area contributed by atoms with Crippen molar-refractivity contribution in [2.75, 3.05) is 6.61 Å². The van der Waals surface area contributed by atoms with Gasteiger partial charge in [0.05, 0.1) is 17.8 Å². The molecule has 22 heavy (non-hydrogen) atoms. The summed E-state index contributed by atoms with van der Waals surface area (Å²) < 4.78 is 38.6. The van der Waals surface area contributed by atoms with Gasteiger partial charge in [0.1, 0.15) is 0 Å². The molecule has 0 bridgehead atoms. The summed E-state index contributed by atoms with van der Waals surface area (Å²) in [5.74, 6) is -1.78. The molecule has 3 nitrogen and oxygen atoms in total. The van der Waals surface area contributed by atoms with Gasteiger partial charge in [-0.1, -0.05) is 12.1 Å². The van der Waals surface area contributed by atoms with Crippen LogP contribution in [0.5, 0.6) is 0 Å². The van der Waals surface area contributed by atoms with Gasteiger partial charge in [0.15, 0.2) is 11.6 Å². The summed E-state index contributed by atoms with van der Waals surface area (Å²) >= 11 is 0. The third-order valence-electron chi connectivity index (χ3n) is 4.46. The number of hydrogen-bond donors (Lipinski definition) is 1. The van der Waals surface area contributed by atoms with E-state index in [0.717, 1.165) is 6.07 Å². The summed E-state index contributed by atoms with van der Waals surface area (Å²) in [4.78, 5) is 0. The number of aliphatic hydroxyl groups is 1. The minimum Gasteiger partial charge on any atom is -0.400 e. The first-order chi connectivity index (χ1) is 10.1. The molecule has 1 fully saturated rings. The molecule has 0 atom stereocenters. The number of benzene rings is 1. The average molecular weight is 310 g/mol. The Labute approximate surface area is 130 Å². The Bertz CT molecular complexity index is 596. The SMILES string of the molecule is Cc1c(C=C(CO)B2OC(C)(C)C(C)(C)O2)ccc(F)c1F. The molecule has 0 aromatic heterocycles. The Hall–Kier alpha value is -1.24. The maximum absolute atomic E-state index is 13.6. The largest absolute Gasteiger partial charge is 0.492 e. The lowest BCUT2D eigenvalue weighted by Crippen LogP contribution is -2.41. The first-order valence-corrected chi connectivity index (χ1v) is 7.20.